The highest BCUT2D eigenvalue weighted by Crippen LogP contribution is 2.35. The second-order valence-corrected chi connectivity index (χ2v) is 4.08. The third kappa shape index (κ3) is 5.08. The summed E-state index contributed by atoms with van der Waals surface area (Å²) >= 11 is 0. The van der Waals surface area contributed by atoms with Crippen LogP contribution >= 0.6 is 0 Å². The maximum atomic E-state index is 12.4. The fraction of sp³-hybridized carbons (Fsp3) is 0.462. The van der Waals surface area contributed by atoms with Gasteiger partial charge in [-0.2, -0.15) is 13.2 Å². The van der Waals surface area contributed by atoms with Crippen LogP contribution in [-0.4, -0.2) is 24.2 Å². The predicted molar refractivity (Wildman–Crippen MR) is 66.1 cm³/mol. The molecule has 112 valence electrons. The number of ether oxygens (including phenoxy) is 1. The molecule has 2 N–H and O–H groups in total. The summed E-state index contributed by atoms with van der Waals surface area (Å²) in [6.07, 6.45) is -4.39. The highest BCUT2D eigenvalue weighted by atomic mass is 19.4. The second kappa shape index (κ2) is 7.14. The molecule has 0 amide bonds. The van der Waals surface area contributed by atoms with E-state index in [-0.39, 0.29) is 18.9 Å². The van der Waals surface area contributed by atoms with E-state index in [1.807, 2.05) is 0 Å². The lowest BCUT2D eigenvalue weighted by Crippen LogP contribution is -2.19. The first-order valence-corrected chi connectivity index (χ1v) is 6.10. The average molecular weight is 291 g/mol. The number of rotatable bonds is 6. The largest absolute Gasteiger partial charge is 0.507 e. The Morgan fingerprint density at radius 3 is 2.65 bits per heavy atom. The van der Waals surface area contributed by atoms with Gasteiger partial charge in [0.2, 0.25) is 0 Å². The topological polar surface area (TPSA) is 58.6 Å². The van der Waals surface area contributed by atoms with E-state index in [1.54, 1.807) is 6.92 Å². The molecule has 4 nitrogen and oxygen atoms in total. The summed E-state index contributed by atoms with van der Waals surface area (Å²) in [7, 11) is 0. The summed E-state index contributed by atoms with van der Waals surface area (Å²) in [6, 6.07) is 3.16. The van der Waals surface area contributed by atoms with Crippen molar-refractivity contribution >= 4 is 5.97 Å². The van der Waals surface area contributed by atoms with Gasteiger partial charge in [0.15, 0.2) is 0 Å². The standard InChI is InChI=1S/C13H16F3NO3/c1-2-20-12(19)5-6-17-8-9-3-4-10(11(18)7-9)13(14,15)16/h3-4,7,17-18H,2,5-6,8H2,1H3. The lowest BCUT2D eigenvalue weighted by Gasteiger charge is -2.10. The molecule has 0 aromatic heterocycles. The van der Waals surface area contributed by atoms with E-state index in [2.05, 4.69) is 5.32 Å². The fourth-order valence-electron chi connectivity index (χ4n) is 1.58. The van der Waals surface area contributed by atoms with Crippen molar-refractivity contribution < 1.29 is 27.8 Å². The van der Waals surface area contributed by atoms with Gasteiger partial charge in [-0.3, -0.25) is 4.79 Å². The molecule has 0 heterocycles. The van der Waals surface area contributed by atoms with Crippen molar-refractivity contribution in [2.24, 2.45) is 0 Å². The Hall–Kier alpha value is -1.76. The van der Waals surface area contributed by atoms with Gasteiger partial charge in [0.25, 0.3) is 0 Å². The van der Waals surface area contributed by atoms with Gasteiger partial charge >= 0.3 is 12.1 Å². The van der Waals surface area contributed by atoms with Gasteiger partial charge in [0.1, 0.15) is 5.75 Å². The van der Waals surface area contributed by atoms with Crippen LogP contribution in [0.25, 0.3) is 0 Å². The number of nitrogens with one attached hydrogen (secondary N) is 1. The van der Waals surface area contributed by atoms with Gasteiger partial charge in [-0.15, -0.1) is 0 Å². The van der Waals surface area contributed by atoms with E-state index in [0.717, 1.165) is 12.1 Å². The molecule has 0 spiro atoms. The van der Waals surface area contributed by atoms with E-state index in [0.29, 0.717) is 18.7 Å². The number of phenols is 1. The van der Waals surface area contributed by atoms with Gasteiger partial charge < -0.3 is 15.2 Å². The molecule has 1 rings (SSSR count). The molecule has 0 atom stereocenters. The van der Waals surface area contributed by atoms with Gasteiger partial charge in [0, 0.05) is 13.1 Å². The van der Waals surface area contributed by atoms with Crippen molar-refractivity contribution in [2.75, 3.05) is 13.2 Å². The fourth-order valence-corrected chi connectivity index (χ4v) is 1.58. The van der Waals surface area contributed by atoms with Gasteiger partial charge in [-0.25, -0.2) is 0 Å². The molecule has 7 heteroatoms. The van der Waals surface area contributed by atoms with E-state index in [1.165, 1.54) is 6.07 Å². The zero-order chi connectivity index (χ0) is 15.2. The molecule has 1 aromatic carbocycles. The number of alkyl halides is 3. The lowest BCUT2D eigenvalue weighted by molar-refractivity contribution is -0.143. The number of halogens is 3. The molecule has 0 aliphatic rings. The summed E-state index contributed by atoms with van der Waals surface area (Å²) in [5, 5.41) is 12.2. The number of hydrogen-bond donors (Lipinski definition) is 2. The number of aromatic hydroxyl groups is 1. The van der Waals surface area contributed by atoms with Crippen LogP contribution in [-0.2, 0) is 22.3 Å². The lowest BCUT2D eigenvalue weighted by atomic mass is 10.1. The quantitative estimate of drug-likeness (QED) is 0.624. The number of hydrogen-bond acceptors (Lipinski definition) is 4. The first-order valence-electron chi connectivity index (χ1n) is 6.10. The van der Waals surface area contributed by atoms with E-state index in [9.17, 15) is 23.1 Å². The van der Waals surface area contributed by atoms with Crippen molar-refractivity contribution in [1.82, 2.24) is 5.32 Å². The summed E-state index contributed by atoms with van der Waals surface area (Å²) in [5.41, 5.74) is -0.563. The van der Waals surface area contributed by atoms with Crippen molar-refractivity contribution in [3.8, 4) is 5.75 Å². The molecule has 20 heavy (non-hydrogen) atoms. The van der Waals surface area contributed by atoms with Crippen molar-refractivity contribution in [3.05, 3.63) is 29.3 Å². The monoisotopic (exact) mass is 291 g/mol. The van der Waals surface area contributed by atoms with Crippen LogP contribution in [0.4, 0.5) is 13.2 Å². The number of esters is 1. The third-order valence-electron chi connectivity index (χ3n) is 2.51. The van der Waals surface area contributed by atoms with Crippen molar-refractivity contribution in [1.29, 1.82) is 0 Å². The average Bonchev–Trinajstić information content (AvgIpc) is 2.33. The number of carbonyl (C=O) groups is 1. The normalized spacial score (nSPS) is 11.4. The number of carbonyl (C=O) groups excluding carboxylic acids is 1. The van der Waals surface area contributed by atoms with Crippen LogP contribution in [0.1, 0.15) is 24.5 Å². The molecule has 0 aliphatic heterocycles. The molecule has 0 fully saturated rings. The maximum Gasteiger partial charge on any atom is 0.419 e. The van der Waals surface area contributed by atoms with Crippen LogP contribution in [0, 0.1) is 0 Å². The molecule has 0 aliphatic carbocycles. The molecular formula is C13H16F3NO3. The summed E-state index contributed by atoms with van der Waals surface area (Å²) in [5.74, 6) is -1.14. The zero-order valence-corrected chi connectivity index (χ0v) is 11.0. The number of phenolic OH excluding ortho intramolecular Hbond substituents is 1. The number of benzene rings is 1. The molecule has 0 bridgehead atoms. The van der Waals surface area contributed by atoms with Crippen LogP contribution < -0.4 is 5.32 Å². The smallest absolute Gasteiger partial charge is 0.419 e. The maximum absolute atomic E-state index is 12.4. The molecule has 0 unspecified atom stereocenters. The molecule has 1 aromatic rings. The van der Waals surface area contributed by atoms with E-state index in [4.69, 9.17) is 4.74 Å². The highest BCUT2D eigenvalue weighted by Gasteiger charge is 2.33. The van der Waals surface area contributed by atoms with Gasteiger partial charge in [-0.1, -0.05) is 6.07 Å². The minimum Gasteiger partial charge on any atom is -0.507 e. The first kappa shape index (κ1) is 16.3. The Bertz CT molecular complexity index is 461. The summed E-state index contributed by atoms with van der Waals surface area (Å²) in [4.78, 5) is 11.0. The second-order valence-electron chi connectivity index (χ2n) is 4.08. The van der Waals surface area contributed by atoms with Crippen LogP contribution in [0.2, 0.25) is 0 Å². The van der Waals surface area contributed by atoms with Crippen LogP contribution in [0.15, 0.2) is 18.2 Å². The van der Waals surface area contributed by atoms with Gasteiger partial charge in [-0.05, 0) is 24.6 Å². The Labute approximate surface area is 114 Å². The predicted octanol–water partition coefficient (Wildman–Crippen LogP) is 2.45. The minimum atomic E-state index is -4.57. The molecule has 0 radical (unpaired) electrons. The van der Waals surface area contributed by atoms with E-state index < -0.39 is 17.5 Å². The first-order chi connectivity index (χ1) is 9.34. The zero-order valence-electron chi connectivity index (χ0n) is 11.0. The molecule has 0 saturated carbocycles. The van der Waals surface area contributed by atoms with Crippen molar-refractivity contribution in [2.45, 2.75) is 26.1 Å². The van der Waals surface area contributed by atoms with Crippen molar-refractivity contribution in [3.63, 3.8) is 0 Å². The SMILES string of the molecule is CCOC(=O)CCNCc1ccc(C(F)(F)F)c(O)c1. The molecule has 0 saturated heterocycles. The van der Waals surface area contributed by atoms with E-state index >= 15 is 0 Å². The summed E-state index contributed by atoms with van der Waals surface area (Å²) < 4.78 is 42.0. The minimum absolute atomic E-state index is 0.181. The Morgan fingerprint density at radius 1 is 1.40 bits per heavy atom. The Kier molecular flexibility index (Phi) is 5.82. The molecular weight excluding hydrogens is 275 g/mol. The third-order valence-corrected chi connectivity index (χ3v) is 2.51. The van der Waals surface area contributed by atoms with Gasteiger partial charge in [0.05, 0.1) is 18.6 Å². The highest BCUT2D eigenvalue weighted by molar-refractivity contribution is 5.69. The Balaban J connectivity index is 2.46. The van der Waals surface area contributed by atoms with Crippen LogP contribution in [0.3, 0.4) is 0 Å². The van der Waals surface area contributed by atoms with Crippen LogP contribution in [0.5, 0.6) is 5.75 Å². The Morgan fingerprint density at radius 2 is 2.10 bits per heavy atom. The summed E-state index contributed by atoms with van der Waals surface area (Å²) in [6.45, 7) is 2.62.